The molecular formula is C28H28F2N4O4. The highest BCUT2D eigenvalue weighted by atomic mass is 19.2. The molecule has 38 heavy (non-hydrogen) atoms. The van der Waals surface area contributed by atoms with Crippen LogP contribution in [0.15, 0.2) is 71.7 Å². The highest BCUT2D eigenvalue weighted by Crippen LogP contribution is 2.26. The van der Waals surface area contributed by atoms with Crippen LogP contribution < -0.4 is 21.5 Å². The van der Waals surface area contributed by atoms with Crippen molar-refractivity contribution in [2.24, 2.45) is 0 Å². The van der Waals surface area contributed by atoms with Crippen molar-refractivity contribution in [3.63, 3.8) is 0 Å². The molecule has 10 heteroatoms. The minimum atomic E-state index is -1.00. The Hall–Kier alpha value is -4.05. The van der Waals surface area contributed by atoms with E-state index in [2.05, 4.69) is 16.0 Å². The Morgan fingerprint density at radius 2 is 1.79 bits per heavy atom. The van der Waals surface area contributed by atoms with Gasteiger partial charge in [0.05, 0.1) is 37.4 Å². The van der Waals surface area contributed by atoms with Crippen LogP contribution >= 0.6 is 0 Å². The fourth-order valence-electron chi connectivity index (χ4n) is 5.04. The van der Waals surface area contributed by atoms with E-state index in [1.165, 1.54) is 22.9 Å². The van der Waals surface area contributed by atoms with Gasteiger partial charge in [0.25, 0.3) is 11.5 Å². The minimum absolute atomic E-state index is 0.0163. The number of pyridine rings is 1. The van der Waals surface area contributed by atoms with Crippen LogP contribution in [0.2, 0.25) is 0 Å². The van der Waals surface area contributed by atoms with E-state index < -0.39 is 29.1 Å². The second-order valence-electron chi connectivity index (χ2n) is 9.64. The van der Waals surface area contributed by atoms with Crippen molar-refractivity contribution in [1.82, 2.24) is 20.5 Å². The smallest absolute Gasteiger partial charge is 0.315 e. The maximum Gasteiger partial charge on any atom is 0.315 e. The van der Waals surface area contributed by atoms with E-state index in [1.54, 1.807) is 6.07 Å². The molecule has 3 aromatic rings. The Labute approximate surface area is 218 Å². The average molecular weight is 523 g/mol. The summed E-state index contributed by atoms with van der Waals surface area (Å²) in [5, 5.41) is 8.75. The number of halogens is 2. The number of hydrogen-bond acceptors (Lipinski definition) is 4. The standard InChI is InChI=1S/C28H28F2N4O4/c29-21-10-8-17(13-22(21)30)15-34-12-4-7-20(27(34)36)26(35)31-25(18-5-2-1-3-6-18)16-38-19-9-11-23-24(14-19)33-28(37)32-23/h1-8,10,12-13,19,23-25H,9,11,14-16H2,(H,31,35)(H2,32,33,37)/t19?,23?,24?,25-/m0/s1. The molecule has 2 aliphatic rings. The van der Waals surface area contributed by atoms with Gasteiger partial charge in [0.15, 0.2) is 11.6 Å². The third kappa shape index (κ3) is 5.75. The van der Waals surface area contributed by atoms with Crippen molar-refractivity contribution in [3.8, 4) is 0 Å². The van der Waals surface area contributed by atoms with Gasteiger partial charge in [-0.05, 0) is 54.7 Å². The lowest BCUT2D eigenvalue weighted by Gasteiger charge is -2.31. The predicted octanol–water partition coefficient (Wildman–Crippen LogP) is 3.27. The van der Waals surface area contributed by atoms with Gasteiger partial charge in [-0.15, -0.1) is 0 Å². The van der Waals surface area contributed by atoms with Gasteiger partial charge in [0.1, 0.15) is 5.56 Å². The molecule has 1 aromatic heterocycles. The highest BCUT2D eigenvalue weighted by Gasteiger charge is 2.37. The molecule has 2 fully saturated rings. The second-order valence-corrected chi connectivity index (χ2v) is 9.64. The van der Waals surface area contributed by atoms with Crippen molar-refractivity contribution in [2.75, 3.05) is 6.61 Å². The average Bonchev–Trinajstić information content (AvgIpc) is 3.29. The van der Waals surface area contributed by atoms with Gasteiger partial charge in [-0.25, -0.2) is 13.6 Å². The van der Waals surface area contributed by atoms with Crippen LogP contribution in [0.5, 0.6) is 0 Å². The lowest BCUT2D eigenvalue weighted by molar-refractivity contribution is 0.00700. The number of rotatable bonds is 8. The summed E-state index contributed by atoms with van der Waals surface area (Å²) in [5.74, 6) is -2.54. The summed E-state index contributed by atoms with van der Waals surface area (Å²) in [5.41, 5.74) is 0.590. The first-order valence-electron chi connectivity index (χ1n) is 12.5. The normalized spacial score (nSPS) is 21.2. The van der Waals surface area contributed by atoms with E-state index in [4.69, 9.17) is 4.74 Å². The van der Waals surface area contributed by atoms with Crippen molar-refractivity contribution in [2.45, 2.75) is 50.0 Å². The quantitative estimate of drug-likeness (QED) is 0.423. The number of ether oxygens (including phenoxy) is 1. The van der Waals surface area contributed by atoms with Crippen molar-refractivity contribution < 1.29 is 23.1 Å². The topological polar surface area (TPSA) is 101 Å². The van der Waals surface area contributed by atoms with E-state index in [1.807, 2.05) is 30.3 Å². The Bertz CT molecular complexity index is 1380. The fraction of sp³-hybridized carbons (Fsp3) is 0.321. The number of fused-ring (bicyclic) bond motifs is 1. The van der Waals surface area contributed by atoms with Crippen LogP contribution in [-0.4, -0.2) is 41.3 Å². The molecule has 5 rings (SSSR count). The van der Waals surface area contributed by atoms with Gasteiger partial charge in [-0.3, -0.25) is 9.59 Å². The molecule has 3 unspecified atom stereocenters. The molecular weight excluding hydrogens is 494 g/mol. The van der Waals surface area contributed by atoms with Crippen LogP contribution in [-0.2, 0) is 11.3 Å². The van der Waals surface area contributed by atoms with Crippen LogP contribution in [0.3, 0.4) is 0 Å². The van der Waals surface area contributed by atoms with E-state index in [-0.39, 0.29) is 42.9 Å². The summed E-state index contributed by atoms with van der Waals surface area (Å²) >= 11 is 0. The minimum Gasteiger partial charge on any atom is -0.376 e. The molecule has 2 heterocycles. The largest absolute Gasteiger partial charge is 0.376 e. The molecule has 198 valence electrons. The molecule has 2 aromatic carbocycles. The molecule has 0 spiro atoms. The first-order chi connectivity index (χ1) is 18.4. The summed E-state index contributed by atoms with van der Waals surface area (Å²) in [6, 6.07) is 15.2. The van der Waals surface area contributed by atoms with Crippen LogP contribution in [0, 0.1) is 11.6 Å². The third-order valence-electron chi connectivity index (χ3n) is 7.04. The van der Waals surface area contributed by atoms with Gasteiger partial charge in [0.2, 0.25) is 0 Å². The molecule has 4 atom stereocenters. The van der Waals surface area contributed by atoms with Gasteiger partial charge < -0.3 is 25.3 Å². The number of aromatic nitrogens is 1. The number of carbonyl (C=O) groups is 2. The lowest BCUT2D eigenvalue weighted by atomic mass is 9.89. The third-order valence-corrected chi connectivity index (χ3v) is 7.04. The number of nitrogens with zero attached hydrogens (tertiary/aromatic N) is 1. The van der Waals surface area contributed by atoms with Gasteiger partial charge in [-0.1, -0.05) is 36.4 Å². The van der Waals surface area contributed by atoms with Crippen LogP contribution in [0.4, 0.5) is 13.6 Å². The first-order valence-corrected chi connectivity index (χ1v) is 12.5. The fourth-order valence-corrected chi connectivity index (χ4v) is 5.04. The van der Waals surface area contributed by atoms with Gasteiger partial charge in [0, 0.05) is 6.20 Å². The first kappa shape index (κ1) is 25.6. The monoisotopic (exact) mass is 522 g/mol. The predicted molar refractivity (Wildman–Crippen MR) is 136 cm³/mol. The number of carbonyl (C=O) groups excluding carboxylic acids is 2. The Morgan fingerprint density at radius 3 is 2.58 bits per heavy atom. The molecule has 1 saturated carbocycles. The highest BCUT2D eigenvalue weighted by molar-refractivity contribution is 5.94. The molecule has 8 nitrogen and oxygen atoms in total. The van der Waals surface area contributed by atoms with Crippen LogP contribution in [0.25, 0.3) is 0 Å². The Kier molecular flexibility index (Phi) is 7.50. The molecule has 1 saturated heterocycles. The Balaban J connectivity index is 1.29. The molecule has 3 N–H and O–H groups in total. The number of benzene rings is 2. The van der Waals surface area contributed by atoms with Crippen molar-refractivity contribution in [3.05, 3.63) is 106 Å². The number of amides is 3. The summed E-state index contributed by atoms with van der Waals surface area (Å²) in [6.45, 7) is 0.173. The Morgan fingerprint density at radius 1 is 1.00 bits per heavy atom. The molecule has 1 aliphatic carbocycles. The van der Waals surface area contributed by atoms with E-state index in [0.29, 0.717) is 12.0 Å². The van der Waals surface area contributed by atoms with E-state index in [9.17, 15) is 23.2 Å². The van der Waals surface area contributed by atoms with Crippen molar-refractivity contribution >= 4 is 11.9 Å². The van der Waals surface area contributed by atoms with E-state index in [0.717, 1.165) is 30.5 Å². The number of nitrogens with one attached hydrogen (secondary N) is 3. The van der Waals surface area contributed by atoms with E-state index >= 15 is 0 Å². The SMILES string of the molecule is O=C1NC2CCC(OC[C@H](NC(=O)c3cccn(Cc4ccc(F)c(F)c4)c3=O)c3ccccc3)CC2N1. The summed E-state index contributed by atoms with van der Waals surface area (Å²) in [7, 11) is 0. The number of urea groups is 1. The maximum atomic E-state index is 13.6. The zero-order chi connectivity index (χ0) is 26.6. The molecule has 0 radical (unpaired) electrons. The van der Waals surface area contributed by atoms with Crippen LogP contribution in [0.1, 0.15) is 46.8 Å². The summed E-state index contributed by atoms with van der Waals surface area (Å²) < 4.78 is 34.4. The molecule has 1 aliphatic heterocycles. The summed E-state index contributed by atoms with van der Waals surface area (Å²) in [6.07, 6.45) is 3.67. The lowest BCUT2D eigenvalue weighted by Crippen LogP contribution is -2.43. The second kappa shape index (κ2) is 11.1. The maximum absolute atomic E-state index is 13.6. The number of hydrogen-bond donors (Lipinski definition) is 3. The van der Waals surface area contributed by atoms with Gasteiger partial charge >= 0.3 is 6.03 Å². The zero-order valence-electron chi connectivity index (χ0n) is 20.5. The zero-order valence-corrected chi connectivity index (χ0v) is 20.5. The summed E-state index contributed by atoms with van der Waals surface area (Å²) in [4.78, 5) is 38.0. The van der Waals surface area contributed by atoms with Crippen molar-refractivity contribution in [1.29, 1.82) is 0 Å². The molecule has 3 amide bonds. The van der Waals surface area contributed by atoms with Gasteiger partial charge in [-0.2, -0.15) is 0 Å². The molecule has 0 bridgehead atoms.